The predicted octanol–water partition coefficient (Wildman–Crippen LogP) is 1.67. The average molecular weight is 123 g/mol. The third-order valence-corrected chi connectivity index (χ3v) is 1.67. The number of rotatable bonds is 1. The zero-order valence-corrected chi connectivity index (χ0v) is 5.96. The summed E-state index contributed by atoms with van der Waals surface area (Å²) >= 11 is 0. The molecule has 2 N–H and O–H groups in total. The van der Waals surface area contributed by atoms with Crippen LogP contribution < -0.4 is 5.73 Å². The molecule has 1 aliphatic rings. The molecule has 0 amide bonds. The first-order valence-electron chi connectivity index (χ1n) is 3.35. The minimum absolute atomic E-state index is 0.574. The lowest BCUT2D eigenvalue weighted by Gasteiger charge is -2.07. The van der Waals surface area contributed by atoms with Gasteiger partial charge in [0.05, 0.1) is 0 Å². The Bertz CT molecular complexity index is 154. The molecule has 0 radical (unpaired) electrons. The third-order valence-electron chi connectivity index (χ3n) is 1.67. The highest BCUT2D eigenvalue weighted by atomic mass is 14.6. The molecular weight excluding hydrogens is 110 g/mol. The van der Waals surface area contributed by atoms with Gasteiger partial charge in [-0.05, 0) is 17.9 Å². The SMILES string of the molecule is CC(C)C1C=CC(N)=C1. The lowest BCUT2D eigenvalue weighted by Crippen LogP contribution is -1.99. The quantitative estimate of drug-likeness (QED) is 0.564. The smallest absolute Gasteiger partial charge is 0.0276 e. The predicted molar refractivity (Wildman–Crippen MR) is 39.7 cm³/mol. The molecule has 0 bridgehead atoms. The van der Waals surface area contributed by atoms with E-state index in [4.69, 9.17) is 5.73 Å². The highest BCUT2D eigenvalue weighted by Crippen LogP contribution is 2.20. The van der Waals surface area contributed by atoms with Gasteiger partial charge in [-0.25, -0.2) is 0 Å². The van der Waals surface area contributed by atoms with Crippen molar-refractivity contribution in [3.05, 3.63) is 23.9 Å². The molecule has 1 unspecified atom stereocenters. The Kier molecular flexibility index (Phi) is 1.60. The number of nitrogens with two attached hydrogens (primary N) is 1. The molecule has 0 fully saturated rings. The summed E-state index contributed by atoms with van der Waals surface area (Å²) in [5.74, 6) is 1.26. The molecule has 0 aliphatic heterocycles. The Balaban J connectivity index is 2.59. The van der Waals surface area contributed by atoms with E-state index in [1.165, 1.54) is 0 Å². The lowest BCUT2D eigenvalue weighted by molar-refractivity contribution is 0.554. The fraction of sp³-hybridized carbons (Fsp3) is 0.500. The first-order chi connectivity index (χ1) is 4.20. The van der Waals surface area contributed by atoms with Crippen molar-refractivity contribution in [1.82, 2.24) is 0 Å². The van der Waals surface area contributed by atoms with Gasteiger partial charge in [0.2, 0.25) is 0 Å². The van der Waals surface area contributed by atoms with Crippen molar-refractivity contribution in [2.45, 2.75) is 13.8 Å². The summed E-state index contributed by atoms with van der Waals surface area (Å²) < 4.78 is 0. The van der Waals surface area contributed by atoms with Crippen LogP contribution in [0.3, 0.4) is 0 Å². The second-order valence-corrected chi connectivity index (χ2v) is 2.85. The number of hydrogen-bond acceptors (Lipinski definition) is 1. The number of hydrogen-bond donors (Lipinski definition) is 1. The van der Waals surface area contributed by atoms with Gasteiger partial charge in [-0.1, -0.05) is 26.0 Å². The van der Waals surface area contributed by atoms with E-state index in [0.717, 1.165) is 5.70 Å². The Morgan fingerprint density at radius 3 is 2.44 bits per heavy atom. The van der Waals surface area contributed by atoms with Gasteiger partial charge >= 0.3 is 0 Å². The van der Waals surface area contributed by atoms with Gasteiger partial charge in [0.1, 0.15) is 0 Å². The van der Waals surface area contributed by atoms with Crippen LogP contribution >= 0.6 is 0 Å². The van der Waals surface area contributed by atoms with Crippen LogP contribution in [0.4, 0.5) is 0 Å². The molecule has 0 saturated carbocycles. The van der Waals surface area contributed by atoms with Gasteiger partial charge < -0.3 is 5.73 Å². The summed E-state index contributed by atoms with van der Waals surface area (Å²) in [6.07, 6.45) is 6.23. The first kappa shape index (κ1) is 6.40. The van der Waals surface area contributed by atoms with Crippen LogP contribution in [0, 0.1) is 11.8 Å². The fourth-order valence-corrected chi connectivity index (χ4v) is 0.970. The highest BCUT2D eigenvalue weighted by Gasteiger charge is 2.10. The van der Waals surface area contributed by atoms with E-state index >= 15 is 0 Å². The molecule has 0 aromatic rings. The molecule has 50 valence electrons. The molecule has 0 heterocycles. The molecule has 9 heavy (non-hydrogen) atoms. The van der Waals surface area contributed by atoms with E-state index in [0.29, 0.717) is 11.8 Å². The second-order valence-electron chi connectivity index (χ2n) is 2.85. The Hall–Kier alpha value is -0.720. The third kappa shape index (κ3) is 1.35. The van der Waals surface area contributed by atoms with Crippen LogP contribution in [0.2, 0.25) is 0 Å². The molecule has 1 rings (SSSR count). The zero-order valence-electron chi connectivity index (χ0n) is 5.96. The van der Waals surface area contributed by atoms with Crippen molar-refractivity contribution in [2.24, 2.45) is 17.6 Å². The van der Waals surface area contributed by atoms with Crippen molar-refractivity contribution in [1.29, 1.82) is 0 Å². The topological polar surface area (TPSA) is 26.0 Å². The van der Waals surface area contributed by atoms with Crippen LogP contribution in [-0.2, 0) is 0 Å². The van der Waals surface area contributed by atoms with Gasteiger partial charge in [-0.2, -0.15) is 0 Å². The monoisotopic (exact) mass is 123 g/mol. The Labute approximate surface area is 56.2 Å². The van der Waals surface area contributed by atoms with Crippen LogP contribution in [0.1, 0.15) is 13.8 Å². The molecule has 0 aromatic heterocycles. The molecule has 0 aromatic carbocycles. The fourth-order valence-electron chi connectivity index (χ4n) is 0.970. The summed E-state index contributed by atoms with van der Waals surface area (Å²) in [7, 11) is 0. The Morgan fingerprint density at radius 1 is 1.56 bits per heavy atom. The van der Waals surface area contributed by atoms with Crippen molar-refractivity contribution in [3.63, 3.8) is 0 Å². The minimum Gasteiger partial charge on any atom is -0.399 e. The highest BCUT2D eigenvalue weighted by molar-refractivity contribution is 5.26. The molecule has 0 spiro atoms. The molecular formula is C8H13N. The van der Waals surface area contributed by atoms with E-state index in [1.54, 1.807) is 0 Å². The summed E-state index contributed by atoms with van der Waals surface area (Å²) in [4.78, 5) is 0. The van der Waals surface area contributed by atoms with Crippen molar-refractivity contribution in [3.8, 4) is 0 Å². The van der Waals surface area contributed by atoms with Crippen molar-refractivity contribution in [2.75, 3.05) is 0 Å². The van der Waals surface area contributed by atoms with Crippen LogP contribution in [-0.4, -0.2) is 0 Å². The minimum atomic E-state index is 0.574. The summed E-state index contributed by atoms with van der Waals surface area (Å²) in [5.41, 5.74) is 6.45. The largest absolute Gasteiger partial charge is 0.399 e. The molecule has 1 heteroatoms. The molecule has 1 aliphatic carbocycles. The summed E-state index contributed by atoms with van der Waals surface area (Å²) in [6, 6.07) is 0. The van der Waals surface area contributed by atoms with E-state index in [-0.39, 0.29) is 0 Å². The van der Waals surface area contributed by atoms with E-state index in [1.807, 2.05) is 6.08 Å². The van der Waals surface area contributed by atoms with E-state index in [2.05, 4.69) is 26.0 Å². The molecule has 1 nitrogen and oxygen atoms in total. The molecule has 1 atom stereocenters. The van der Waals surface area contributed by atoms with E-state index < -0.39 is 0 Å². The van der Waals surface area contributed by atoms with Gasteiger partial charge in [-0.15, -0.1) is 0 Å². The van der Waals surface area contributed by atoms with Gasteiger partial charge in [0.15, 0.2) is 0 Å². The zero-order chi connectivity index (χ0) is 6.85. The lowest BCUT2D eigenvalue weighted by atomic mass is 9.98. The second kappa shape index (κ2) is 2.26. The standard InChI is InChI=1S/C8H13N/c1-6(2)7-3-4-8(9)5-7/h3-7H,9H2,1-2H3. The van der Waals surface area contributed by atoms with Gasteiger partial charge in [0.25, 0.3) is 0 Å². The van der Waals surface area contributed by atoms with Crippen molar-refractivity contribution >= 4 is 0 Å². The molecule has 0 saturated heterocycles. The summed E-state index contributed by atoms with van der Waals surface area (Å²) in [6.45, 7) is 4.40. The van der Waals surface area contributed by atoms with Crippen LogP contribution in [0.25, 0.3) is 0 Å². The van der Waals surface area contributed by atoms with Crippen LogP contribution in [0.5, 0.6) is 0 Å². The van der Waals surface area contributed by atoms with Gasteiger partial charge in [-0.3, -0.25) is 0 Å². The average Bonchev–Trinajstić information content (AvgIpc) is 2.14. The number of allylic oxidation sites excluding steroid dienone is 3. The maximum absolute atomic E-state index is 5.54. The normalized spacial score (nSPS) is 25.2. The first-order valence-corrected chi connectivity index (χ1v) is 3.35. The maximum atomic E-state index is 5.54. The summed E-state index contributed by atoms with van der Waals surface area (Å²) in [5, 5.41) is 0. The Morgan fingerprint density at radius 2 is 2.22 bits per heavy atom. The van der Waals surface area contributed by atoms with E-state index in [9.17, 15) is 0 Å². The maximum Gasteiger partial charge on any atom is 0.0276 e. The van der Waals surface area contributed by atoms with Gasteiger partial charge in [0, 0.05) is 5.70 Å². The van der Waals surface area contributed by atoms with Crippen molar-refractivity contribution < 1.29 is 0 Å². The van der Waals surface area contributed by atoms with Crippen LogP contribution in [0.15, 0.2) is 23.9 Å².